The molecule has 2 rings (SSSR count). The van der Waals surface area contributed by atoms with Gasteiger partial charge in [-0.15, -0.1) is 0 Å². The highest BCUT2D eigenvalue weighted by Crippen LogP contribution is 2.30. The highest BCUT2D eigenvalue weighted by Gasteiger charge is 2.10. The number of hydrogen-bond donors (Lipinski definition) is 1. The molecule has 0 bridgehead atoms. The number of aromatic hydroxyl groups is 1. The van der Waals surface area contributed by atoms with Gasteiger partial charge in [-0.25, -0.2) is 0 Å². The maximum Gasteiger partial charge on any atom is 0.119 e. The largest absolute Gasteiger partial charge is 0.508 e. The summed E-state index contributed by atoms with van der Waals surface area (Å²) in [5, 5.41) is 10.1. The first-order valence-corrected chi connectivity index (χ1v) is 8.62. The molecule has 2 aromatic rings. The summed E-state index contributed by atoms with van der Waals surface area (Å²) in [5.41, 5.74) is 9.44. The maximum atomic E-state index is 10.1. The van der Waals surface area contributed by atoms with Crippen LogP contribution in [0, 0.1) is 20.8 Å². The predicted molar refractivity (Wildman–Crippen MR) is 106 cm³/mol. The highest BCUT2D eigenvalue weighted by molar-refractivity contribution is 5.85. The van der Waals surface area contributed by atoms with Gasteiger partial charge in [-0.2, -0.15) is 0 Å². The van der Waals surface area contributed by atoms with E-state index in [9.17, 15) is 5.11 Å². The Morgan fingerprint density at radius 3 is 2.46 bits per heavy atom. The van der Waals surface area contributed by atoms with E-state index < -0.39 is 0 Å². The van der Waals surface area contributed by atoms with Crippen molar-refractivity contribution in [2.45, 2.75) is 47.5 Å². The van der Waals surface area contributed by atoms with E-state index in [0.717, 1.165) is 24.0 Å². The van der Waals surface area contributed by atoms with Crippen molar-refractivity contribution in [2.24, 2.45) is 0 Å². The molecule has 0 heterocycles. The zero-order valence-electron chi connectivity index (χ0n) is 15.5. The van der Waals surface area contributed by atoms with Gasteiger partial charge in [0.15, 0.2) is 0 Å². The molecular formula is C23H28O. The first kappa shape index (κ1) is 18.1. The Morgan fingerprint density at radius 2 is 1.83 bits per heavy atom. The SMILES string of the molecule is C=Cc1c(/C=C(\C)c2cc(O)c(C)cc2CCC)ccc(C)c1C. The number of hydrogen-bond acceptors (Lipinski definition) is 1. The van der Waals surface area contributed by atoms with Crippen LogP contribution in [0.2, 0.25) is 0 Å². The molecule has 0 aliphatic heterocycles. The third-order valence-corrected chi connectivity index (χ3v) is 4.76. The summed E-state index contributed by atoms with van der Waals surface area (Å²) in [5.74, 6) is 0.363. The number of rotatable bonds is 5. The number of allylic oxidation sites excluding steroid dienone is 1. The van der Waals surface area contributed by atoms with Crippen molar-refractivity contribution >= 4 is 17.7 Å². The van der Waals surface area contributed by atoms with Crippen molar-refractivity contribution in [3.8, 4) is 5.75 Å². The Labute approximate surface area is 146 Å². The first-order chi connectivity index (χ1) is 11.4. The fourth-order valence-corrected chi connectivity index (χ4v) is 3.17. The van der Waals surface area contributed by atoms with Gasteiger partial charge in [0.1, 0.15) is 5.75 Å². The molecule has 0 aromatic heterocycles. The Bertz CT molecular complexity index is 794. The monoisotopic (exact) mass is 320 g/mol. The lowest BCUT2D eigenvalue weighted by Gasteiger charge is -2.14. The summed E-state index contributed by atoms with van der Waals surface area (Å²) < 4.78 is 0. The number of benzene rings is 2. The van der Waals surface area contributed by atoms with Crippen LogP contribution in [0.25, 0.3) is 17.7 Å². The van der Waals surface area contributed by atoms with Crippen LogP contribution in [-0.4, -0.2) is 5.11 Å². The molecule has 0 radical (unpaired) electrons. The molecule has 1 nitrogen and oxygen atoms in total. The van der Waals surface area contributed by atoms with Crippen LogP contribution in [0.15, 0.2) is 30.8 Å². The van der Waals surface area contributed by atoms with Crippen molar-refractivity contribution < 1.29 is 5.11 Å². The van der Waals surface area contributed by atoms with Crippen molar-refractivity contribution in [3.63, 3.8) is 0 Å². The van der Waals surface area contributed by atoms with Crippen LogP contribution in [0.3, 0.4) is 0 Å². The molecule has 0 spiro atoms. The van der Waals surface area contributed by atoms with Gasteiger partial charge in [-0.05, 0) is 84.7 Å². The molecule has 1 N–H and O–H groups in total. The van der Waals surface area contributed by atoms with Gasteiger partial charge < -0.3 is 5.11 Å². The van der Waals surface area contributed by atoms with E-state index in [0.29, 0.717) is 5.75 Å². The van der Waals surface area contributed by atoms with E-state index >= 15 is 0 Å². The molecule has 0 unspecified atom stereocenters. The standard InChI is InChI=1S/C23H28O/c1-7-9-19-13-17(5)23(24)14-22(19)16(4)12-20-11-10-15(3)18(6)21(20)8-2/h8,10-14,24H,2,7,9H2,1,3-6H3/b16-12+. The van der Waals surface area contributed by atoms with E-state index in [-0.39, 0.29) is 0 Å². The Balaban J connectivity index is 2.58. The Kier molecular flexibility index (Phi) is 5.66. The van der Waals surface area contributed by atoms with Crippen LogP contribution in [0.1, 0.15) is 59.2 Å². The molecule has 2 aromatic carbocycles. The van der Waals surface area contributed by atoms with Gasteiger partial charge >= 0.3 is 0 Å². The van der Waals surface area contributed by atoms with Crippen LogP contribution in [0.4, 0.5) is 0 Å². The minimum Gasteiger partial charge on any atom is -0.508 e. The van der Waals surface area contributed by atoms with E-state index in [1.54, 1.807) is 0 Å². The van der Waals surface area contributed by atoms with Gasteiger partial charge in [0, 0.05) is 0 Å². The molecular weight excluding hydrogens is 292 g/mol. The fourth-order valence-electron chi connectivity index (χ4n) is 3.17. The average molecular weight is 320 g/mol. The minimum atomic E-state index is 0.363. The van der Waals surface area contributed by atoms with Crippen LogP contribution in [0.5, 0.6) is 5.75 Å². The molecule has 126 valence electrons. The van der Waals surface area contributed by atoms with Crippen LogP contribution >= 0.6 is 0 Å². The summed E-state index contributed by atoms with van der Waals surface area (Å²) >= 11 is 0. The minimum absolute atomic E-state index is 0.363. The summed E-state index contributed by atoms with van der Waals surface area (Å²) in [4.78, 5) is 0. The van der Waals surface area contributed by atoms with Gasteiger partial charge in [-0.3, -0.25) is 0 Å². The number of phenols is 1. The molecule has 0 saturated heterocycles. The lowest BCUT2D eigenvalue weighted by Crippen LogP contribution is -1.95. The smallest absolute Gasteiger partial charge is 0.119 e. The quantitative estimate of drug-likeness (QED) is 0.626. The zero-order valence-corrected chi connectivity index (χ0v) is 15.5. The van der Waals surface area contributed by atoms with Gasteiger partial charge in [0.25, 0.3) is 0 Å². The predicted octanol–water partition coefficient (Wildman–Crippen LogP) is 6.47. The number of aryl methyl sites for hydroxylation is 3. The molecule has 0 amide bonds. The summed E-state index contributed by atoms with van der Waals surface area (Å²) in [7, 11) is 0. The van der Waals surface area contributed by atoms with Crippen LogP contribution < -0.4 is 0 Å². The van der Waals surface area contributed by atoms with Crippen molar-refractivity contribution in [2.75, 3.05) is 0 Å². The second-order valence-corrected chi connectivity index (χ2v) is 6.59. The molecule has 0 aliphatic carbocycles. The van der Waals surface area contributed by atoms with E-state index in [1.165, 1.54) is 33.4 Å². The summed E-state index contributed by atoms with van der Waals surface area (Å²) in [6.45, 7) is 14.5. The molecule has 0 fully saturated rings. The maximum absolute atomic E-state index is 10.1. The molecule has 0 saturated carbocycles. The second-order valence-electron chi connectivity index (χ2n) is 6.59. The van der Waals surface area contributed by atoms with Gasteiger partial charge in [0.2, 0.25) is 0 Å². The van der Waals surface area contributed by atoms with Crippen molar-refractivity contribution in [1.29, 1.82) is 0 Å². The van der Waals surface area contributed by atoms with Gasteiger partial charge in [0.05, 0.1) is 0 Å². The lowest BCUT2D eigenvalue weighted by atomic mass is 9.91. The summed E-state index contributed by atoms with van der Waals surface area (Å²) in [6.07, 6.45) is 6.24. The Hall–Kier alpha value is -2.28. The molecule has 0 atom stereocenters. The zero-order chi connectivity index (χ0) is 17.9. The van der Waals surface area contributed by atoms with E-state index in [2.05, 4.69) is 58.5 Å². The first-order valence-electron chi connectivity index (χ1n) is 8.62. The molecule has 0 aliphatic rings. The second kappa shape index (κ2) is 7.53. The van der Waals surface area contributed by atoms with E-state index in [1.807, 2.05) is 19.1 Å². The topological polar surface area (TPSA) is 20.2 Å². The summed E-state index contributed by atoms with van der Waals surface area (Å²) in [6, 6.07) is 8.32. The third kappa shape index (κ3) is 3.62. The van der Waals surface area contributed by atoms with Crippen molar-refractivity contribution in [3.05, 3.63) is 69.8 Å². The molecule has 24 heavy (non-hydrogen) atoms. The number of phenolic OH excluding ortho intramolecular Hbond substituents is 1. The third-order valence-electron chi connectivity index (χ3n) is 4.76. The van der Waals surface area contributed by atoms with Gasteiger partial charge in [-0.1, -0.05) is 50.3 Å². The van der Waals surface area contributed by atoms with Crippen LogP contribution in [-0.2, 0) is 6.42 Å². The fraction of sp³-hybridized carbons (Fsp3) is 0.304. The normalized spacial score (nSPS) is 11.6. The highest BCUT2D eigenvalue weighted by atomic mass is 16.3. The average Bonchev–Trinajstić information content (AvgIpc) is 2.54. The lowest BCUT2D eigenvalue weighted by molar-refractivity contribution is 0.470. The Morgan fingerprint density at radius 1 is 1.12 bits per heavy atom. The molecule has 1 heteroatoms. The van der Waals surface area contributed by atoms with E-state index in [4.69, 9.17) is 0 Å². The van der Waals surface area contributed by atoms with Crippen molar-refractivity contribution in [1.82, 2.24) is 0 Å².